The van der Waals surface area contributed by atoms with Crippen molar-refractivity contribution >= 4 is 11.7 Å². The molecule has 0 unspecified atom stereocenters. The zero-order chi connectivity index (χ0) is 19.5. The summed E-state index contributed by atoms with van der Waals surface area (Å²) in [7, 11) is 0. The molecular weight excluding hydrogens is 354 g/mol. The smallest absolute Gasteiger partial charge is 0.322 e. The Labute approximate surface area is 162 Å². The van der Waals surface area contributed by atoms with Crippen molar-refractivity contribution < 1.29 is 9.32 Å². The summed E-state index contributed by atoms with van der Waals surface area (Å²) >= 11 is 0. The summed E-state index contributed by atoms with van der Waals surface area (Å²) in [5.74, 6) is 0.956. The van der Waals surface area contributed by atoms with Gasteiger partial charge in [0.15, 0.2) is 0 Å². The molecule has 7 nitrogen and oxygen atoms in total. The first-order valence-electron chi connectivity index (χ1n) is 9.12. The first-order valence-corrected chi connectivity index (χ1v) is 9.12. The van der Waals surface area contributed by atoms with Crippen molar-refractivity contribution in [2.45, 2.75) is 25.8 Å². The first-order chi connectivity index (χ1) is 13.6. The van der Waals surface area contributed by atoms with E-state index in [0.29, 0.717) is 29.5 Å². The number of hydrogen-bond acceptors (Lipinski definition) is 5. The summed E-state index contributed by atoms with van der Waals surface area (Å²) in [6.07, 6.45) is 1.62. The molecule has 1 fully saturated rings. The number of nitrogens with zero attached hydrogens (tertiary/aromatic N) is 4. The average molecular weight is 373 g/mol. The second-order valence-electron chi connectivity index (χ2n) is 6.80. The molecule has 1 aliphatic heterocycles. The zero-order valence-corrected chi connectivity index (χ0v) is 15.4. The lowest BCUT2D eigenvalue weighted by Gasteiger charge is -2.22. The summed E-state index contributed by atoms with van der Waals surface area (Å²) in [6, 6.07) is 16.3. The van der Waals surface area contributed by atoms with Crippen LogP contribution < -0.4 is 5.32 Å². The highest BCUT2D eigenvalue weighted by molar-refractivity contribution is 5.90. The molecule has 2 amide bonds. The fourth-order valence-corrected chi connectivity index (χ4v) is 3.32. The van der Waals surface area contributed by atoms with Crippen LogP contribution in [-0.4, -0.2) is 27.6 Å². The molecule has 1 N–H and O–H groups in total. The van der Waals surface area contributed by atoms with Crippen LogP contribution in [0.5, 0.6) is 0 Å². The van der Waals surface area contributed by atoms with E-state index in [1.807, 2.05) is 31.2 Å². The number of nitrogens with one attached hydrogen (secondary N) is 1. The predicted octanol–water partition coefficient (Wildman–Crippen LogP) is 4.29. The second-order valence-corrected chi connectivity index (χ2v) is 6.80. The lowest BCUT2D eigenvalue weighted by molar-refractivity contribution is 0.193. The number of aryl methyl sites for hydroxylation is 1. The largest absolute Gasteiger partial charge is 0.337 e. The fourth-order valence-electron chi connectivity index (χ4n) is 3.32. The Morgan fingerprint density at radius 2 is 2.11 bits per heavy atom. The zero-order valence-electron chi connectivity index (χ0n) is 15.4. The lowest BCUT2D eigenvalue weighted by Crippen LogP contribution is -2.34. The molecule has 2 aromatic carbocycles. The van der Waals surface area contributed by atoms with Gasteiger partial charge in [0.1, 0.15) is 6.04 Å². The SMILES string of the molecule is Cc1ccc(-c2noc([C@@H]3CCCN3C(=O)Nc3cccc(C#N)c3)n2)cc1. The van der Waals surface area contributed by atoms with Crippen LogP contribution in [0.3, 0.4) is 0 Å². The average Bonchev–Trinajstić information content (AvgIpc) is 3.38. The topological polar surface area (TPSA) is 95.0 Å². The number of nitriles is 1. The third kappa shape index (κ3) is 3.58. The molecule has 0 bridgehead atoms. The molecule has 1 aromatic heterocycles. The minimum Gasteiger partial charge on any atom is -0.337 e. The van der Waals surface area contributed by atoms with E-state index in [1.54, 1.807) is 29.2 Å². The summed E-state index contributed by atoms with van der Waals surface area (Å²) < 4.78 is 5.47. The molecule has 0 radical (unpaired) electrons. The van der Waals surface area contributed by atoms with E-state index >= 15 is 0 Å². The fraction of sp³-hybridized carbons (Fsp3) is 0.238. The van der Waals surface area contributed by atoms with Gasteiger partial charge < -0.3 is 14.7 Å². The molecule has 1 aliphatic rings. The number of rotatable bonds is 3. The van der Waals surface area contributed by atoms with Crippen molar-refractivity contribution in [3.05, 3.63) is 65.5 Å². The predicted molar refractivity (Wildman–Crippen MR) is 103 cm³/mol. The number of likely N-dealkylation sites (tertiary alicyclic amines) is 1. The molecule has 1 saturated heterocycles. The van der Waals surface area contributed by atoms with E-state index in [2.05, 4.69) is 21.5 Å². The summed E-state index contributed by atoms with van der Waals surface area (Å²) in [4.78, 5) is 19.0. The van der Waals surface area contributed by atoms with Gasteiger partial charge >= 0.3 is 6.03 Å². The molecule has 3 aromatic rings. The summed E-state index contributed by atoms with van der Waals surface area (Å²) in [5.41, 5.74) is 3.12. The number of carbonyl (C=O) groups excluding carboxylic acids is 1. The van der Waals surface area contributed by atoms with Gasteiger partial charge in [0, 0.05) is 17.8 Å². The maximum Gasteiger partial charge on any atom is 0.322 e. The Bertz CT molecular complexity index is 1040. The van der Waals surface area contributed by atoms with E-state index < -0.39 is 0 Å². The van der Waals surface area contributed by atoms with Crippen LogP contribution in [0, 0.1) is 18.3 Å². The molecule has 0 aliphatic carbocycles. The van der Waals surface area contributed by atoms with Crippen LogP contribution in [-0.2, 0) is 0 Å². The standard InChI is InChI=1S/C21H19N5O2/c1-14-7-9-16(10-8-14)19-24-20(28-25-19)18-6-3-11-26(18)21(27)23-17-5-2-4-15(12-17)13-22/h2,4-5,7-10,12,18H,3,6,11H2,1H3,(H,23,27)/t18-/m0/s1. The van der Waals surface area contributed by atoms with Gasteiger partial charge in [0.05, 0.1) is 11.6 Å². The third-order valence-electron chi connectivity index (χ3n) is 4.79. The highest BCUT2D eigenvalue weighted by atomic mass is 16.5. The maximum absolute atomic E-state index is 12.8. The summed E-state index contributed by atoms with van der Waals surface area (Å²) in [6.45, 7) is 2.63. The van der Waals surface area contributed by atoms with Crippen LogP contribution in [0.15, 0.2) is 53.1 Å². The van der Waals surface area contributed by atoms with Crippen molar-refractivity contribution in [2.75, 3.05) is 11.9 Å². The third-order valence-corrected chi connectivity index (χ3v) is 4.79. The van der Waals surface area contributed by atoms with Gasteiger partial charge in [-0.25, -0.2) is 4.79 Å². The van der Waals surface area contributed by atoms with Crippen LogP contribution in [0.2, 0.25) is 0 Å². The normalized spacial score (nSPS) is 16.0. The Morgan fingerprint density at radius 1 is 1.29 bits per heavy atom. The molecule has 4 rings (SSSR count). The second kappa shape index (κ2) is 7.53. The van der Waals surface area contributed by atoms with Gasteiger partial charge in [0.25, 0.3) is 0 Å². The molecular formula is C21H19N5O2. The van der Waals surface area contributed by atoms with E-state index in [1.165, 1.54) is 0 Å². The highest BCUT2D eigenvalue weighted by Crippen LogP contribution is 2.32. The minimum absolute atomic E-state index is 0.243. The van der Waals surface area contributed by atoms with E-state index in [4.69, 9.17) is 9.78 Å². The van der Waals surface area contributed by atoms with Gasteiger partial charge in [0.2, 0.25) is 11.7 Å². The van der Waals surface area contributed by atoms with E-state index in [0.717, 1.165) is 24.0 Å². The van der Waals surface area contributed by atoms with E-state index in [-0.39, 0.29) is 12.1 Å². The van der Waals surface area contributed by atoms with Crippen molar-refractivity contribution in [1.29, 1.82) is 5.26 Å². The number of amides is 2. The van der Waals surface area contributed by atoms with Gasteiger partial charge in [-0.3, -0.25) is 0 Å². The molecule has 0 spiro atoms. The van der Waals surface area contributed by atoms with Gasteiger partial charge in [-0.15, -0.1) is 0 Å². The Kier molecular flexibility index (Phi) is 4.77. The van der Waals surface area contributed by atoms with Crippen molar-refractivity contribution in [2.24, 2.45) is 0 Å². The molecule has 28 heavy (non-hydrogen) atoms. The van der Waals surface area contributed by atoms with Crippen molar-refractivity contribution in [1.82, 2.24) is 15.0 Å². The number of carbonyl (C=O) groups is 1. The Balaban J connectivity index is 1.51. The van der Waals surface area contributed by atoms with Crippen LogP contribution in [0.25, 0.3) is 11.4 Å². The van der Waals surface area contributed by atoms with Gasteiger partial charge in [-0.1, -0.05) is 41.1 Å². The van der Waals surface area contributed by atoms with E-state index in [9.17, 15) is 4.79 Å². The molecule has 1 atom stereocenters. The molecule has 140 valence electrons. The first kappa shape index (κ1) is 17.7. The Hall–Kier alpha value is -3.66. The van der Waals surface area contributed by atoms with Crippen molar-refractivity contribution in [3.8, 4) is 17.5 Å². The molecule has 7 heteroatoms. The summed E-state index contributed by atoms with van der Waals surface area (Å²) in [5, 5.41) is 15.9. The molecule has 2 heterocycles. The minimum atomic E-state index is -0.258. The monoisotopic (exact) mass is 373 g/mol. The Morgan fingerprint density at radius 3 is 2.89 bits per heavy atom. The lowest BCUT2D eigenvalue weighted by atomic mass is 10.1. The highest BCUT2D eigenvalue weighted by Gasteiger charge is 2.34. The number of benzene rings is 2. The maximum atomic E-state index is 12.8. The number of anilines is 1. The van der Waals surface area contributed by atoms with Crippen molar-refractivity contribution in [3.63, 3.8) is 0 Å². The van der Waals surface area contributed by atoms with Crippen LogP contribution in [0.4, 0.5) is 10.5 Å². The van der Waals surface area contributed by atoms with Crippen LogP contribution in [0.1, 0.15) is 35.9 Å². The van der Waals surface area contributed by atoms with Gasteiger partial charge in [-0.05, 0) is 38.0 Å². The van der Waals surface area contributed by atoms with Crippen LogP contribution >= 0.6 is 0 Å². The van der Waals surface area contributed by atoms with Gasteiger partial charge in [-0.2, -0.15) is 10.2 Å². The number of hydrogen-bond donors (Lipinski definition) is 1. The quantitative estimate of drug-likeness (QED) is 0.739. The molecule has 0 saturated carbocycles. The number of urea groups is 1. The number of aromatic nitrogens is 2.